The lowest BCUT2D eigenvalue weighted by atomic mass is 10.1. The van der Waals surface area contributed by atoms with Crippen LogP contribution < -0.4 is 26.8 Å². The lowest BCUT2D eigenvalue weighted by Crippen LogP contribution is -2.36. The van der Waals surface area contributed by atoms with E-state index in [1.807, 2.05) is 0 Å². The number of carbonyl (C=O) groups excluding carboxylic acids is 2. The van der Waals surface area contributed by atoms with Crippen molar-refractivity contribution in [1.82, 2.24) is 10.2 Å². The monoisotopic (exact) mass is 525 g/mol. The Labute approximate surface area is 221 Å². The summed E-state index contributed by atoms with van der Waals surface area (Å²) in [4.78, 5) is 49.2. The highest BCUT2D eigenvalue weighted by Crippen LogP contribution is 2.29. The van der Waals surface area contributed by atoms with Crippen LogP contribution in [0.5, 0.6) is 5.75 Å². The lowest BCUT2D eigenvalue weighted by Gasteiger charge is -2.17. The Kier molecular flexibility index (Phi) is 6.79. The standard InChI is InChI=1S/C28H23N5O6/c1-15(34)39-26(17-7-3-2-4-8-17)28(38)31-27-20-13-18(10-11-21(20)32-33-27)30-23-22(24(36)25(23)37)29-14-16-6-5-9-19(35)12-16/h2-13,26,29-30,35H,14H2,1H3,(H2,31,32,33,38). The highest BCUT2D eigenvalue weighted by atomic mass is 16.5. The fraction of sp³-hybridized carbons (Fsp3) is 0.107. The van der Waals surface area contributed by atoms with Gasteiger partial charge in [-0.25, -0.2) is 0 Å². The largest absolute Gasteiger partial charge is 0.508 e. The zero-order valence-electron chi connectivity index (χ0n) is 20.6. The second kappa shape index (κ2) is 10.5. The fourth-order valence-corrected chi connectivity index (χ4v) is 4.12. The summed E-state index contributed by atoms with van der Waals surface area (Å²) < 4.78 is 5.26. The molecular weight excluding hydrogens is 502 g/mol. The number of nitrogens with one attached hydrogen (secondary N) is 4. The van der Waals surface area contributed by atoms with E-state index in [0.29, 0.717) is 22.2 Å². The molecule has 11 nitrogen and oxygen atoms in total. The molecule has 0 aliphatic carbocycles. The first-order valence-electron chi connectivity index (χ1n) is 11.9. The van der Waals surface area contributed by atoms with E-state index in [2.05, 4.69) is 26.1 Å². The summed E-state index contributed by atoms with van der Waals surface area (Å²) in [6, 6.07) is 20.2. The number of anilines is 4. The van der Waals surface area contributed by atoms with Gasteiger partial charge in [-0.1, -0.05) is 42.5 Å². The molecule has 0 bridgehead atoms. The molecule has 0 saturated heterocycles. The van der Waals surface area contributed by atoms with E-state index >= 15 is 0 Å². The zero-order valence-corrected chi connectivity index (χ0v) is 20.6. The molecule has 0 radical (unpaired) electrons. The van der Waals surface area contributed by atoms with Gasteiger partial charge in [0.2, 0.25) is 6.10 Å². The second-order valence-electron chi connectivity index (χ2n) is 8.78. The molecule has 0 aliphatic rings. The van der Waals surface area contributed by atoms with Crippen LogP contribution >= 0.6 is 0 Å². The minimum atomic E-state index is -1.18. The van der Waals surface area contributed by atoms with Crippen LogP contribution in [0, 0.1) is 0 Å². The SMILES string of the molecule is CC(=O)OC(C(=O)Nc1n[nH]c2ccc(Nc3c(NCc4cccc(O)c4)c(=O)c3=O)cc12)c1ccccc1. The highest BCUT2D eigenvalue weighted by molar-refractivity contribution is 6.03. The number of phenolic OH excluding ortho intramolecular Hbond substituents is 1. The van der Waals surface area contributed by atoms with Crippen molar-refractivity contribution in [3.63, 3.8) is 0 Å². The third kappa shape index (κ3) is 5.32. The first-order chi connectivity index (χ1) is 18.8. The van der Waals surface area contributed by atoms with Crippen LogP contribution in [0.15, 0.2) is 82.4 Å². The maximum atomic E-state index is 13.1. The number of hydrogen-bond acceptors (Lipinski definition) is 9. The minimum Gasteiger partial charge on any atom is -0.508 e. The summed E-state index contributed by atoms with van der Waals surface area (Å²) in [7, 11) is 0. The van der Waals surface area contributed by atoms with Crippen molar-refractivity contribution in [1.29, 1.82) is 0 Å². The summed E-state index contributed by atoms with van der Waals surface area (Å²) in [5.74, 6) is -0.918. The van der Waals surface area contributed by atoms with Gasteiger partial charge in [0.05, 0.1) is 5.52 Å². The molecule has 1 aromatic heterocycles. The number of aromatic nitrogens is 2. The molecule has 1 unspecified atom stereocenters. The number of esters is 1. The van der Waals surface area contributed by atoms with Gasteiger partial charge < -0.3 is 25.8 Å². The number of hydrogen-bond donors (Lipinski definition) is 5. The van der Waals surface area contributed by atoms with Gasteiger partial charge >= 0.3 is 5.97 Å². The molecule has 1 heterocycles. The summed E-state index contributed by atoms with van der Waals surface area (Å²) in [5.41, 5.74) is 1.24. The molecule has 1 atom stereocenters. The van der Waals surface area contributed by atoms with E-state index in [1.54, 1.807) is 66.7 Å². The normalized spacial score (nSPS) is 11.7. The predicted molar refractivity (Wildman–Crippen MR) is 146 cm³/mol. The van der Waals surface area contributed by atoms with E-state index in [1.165, 1.54) is 13.0 Å². The molecule has 196 valence electrons. The minimum absolute atomic E-state index is 0.0943. The molecule has 4 aromatic carbocycles. The van der Waals surface area contributed by atoms with Gasteiger partial charge in [-0.3, -0.25) is 24.3 Å². The van der Waals surface area contributed by atoms with E-state index < -0.39 is 28.8 Å². The Bertz CT molecular complexity index is 1750. The molecule has 0 spiro atoms. The van der Waals surface area contributed by atoms with Crippen LogP contribution in [0.3, 0.4) is 0 Å². The molecular formula is C28H23N5O6. The molecule has 11 heteroatoms. The van der Waals surface area contributed by atoms with Crippen molar-refractivity contribution in [2.75, 3.05) is 16.0 Å². The molecule has 5 rings (SSSR count). The van der Waals surface area contributed by atoms with Crippen molar-refractivity contribution in [3.8, 4) is 5.75 Å². The maximum absolute atomic E-state index is 13.1. The number of rotatable bonds is 9. The number of carbonyl (C=O) groups is 2. The van der Waals surface area contributed by atoms with E-state index in [9.17, 15) is 24.3 Å². The number of aromatic amines is 1. The summed E-state index contributed by atoms with van der Waals surface area (Å²) >= 11 is 0. The number of nitrogens with zero attached hydrogens (tertiary/aromatic N) is 1. The van der Waals surface area contributed by atoms with Crippen LogP contribution in [0.1, 0.15) is 24.2 Å². The van der Waals surface area contributed by atoms with Gasteiger partial charge in [-0.2, -0.15) is 5.10 Å². The highest BCUT2D eigenvalue weighted by Gasteiger charge is 2.25. The van der Waals surface area contributed by atoms with Crippen LogP contribution in [0.25, 0.3) is 10.9 Å². The fourth-order valence-electron chi connectivity index (χ4n) is 4.12. The number of benzene rings is 3. The molecule has 0 aliphatic heterocycles. The first-order valence-corrected chi connectivity index (χ1v) is 11.9. The van der Waals surface area contributed by atoms with Crippen molar-refractivity contribution in [2.45, 2.75) is 19.6 Å². The van der Waals surface area contributed by atoms with Gasteiger partial charge in [0.15, 0.2) is 5.82 Å². The number of H-pyrrole nitrogens is 1. The van der Waals surface area contributed by atoms with Crippen molar-refractivity contribution in [3.05, 3.63) is 104 Å². The maximum Gasteiger partial charge on any atom is 0.303 e. The van der Waals surface area contributed by atoms with Crippen LogP contribution in [0.4, 0.5) is 22.9 Å². The number of aromatic hydroxyl groups is 1. The zero-order chi connectivity index (χ0) is 27.5. The lowest BCUT2D eigenvalue weighted by molar-refractivity contribution is -0.152. The average Bonchev–Trinajstić information content (AvgIpc) is 3.33. The molecule has 1 amide bonds. The Hall–Kier alpha value is -5.45. The molecule has 5 aromatic rings. The van der Waals surface area contributed by atoms with Gasteiger partial charge in [0, 0.05) is 30.1 Å². The molecule has 5 N–H and O–H groups in total. The number of phenols is 1. The Morgan fingerprint density at radius 1 is 0.974 bits per heavy atom. The summed E-state index contributed by atoms with van der Waals surface area (Å²) in [6.07, 6.45) is -1.18. The predicted octanol–water partition coefficient (Wildman–Crippen LogP) is 3.46. The van der Waals surface area contributed by atoms with Gasteiger partial charge in [-0.15, -0.1) is 0 Å². The smallest absolute Gasteiger partial charge is 0.303 e. The molecule has 0 saturated carbocycles. The summed E-state index contributed by atoms with van der Waals surface area (Å²) in [6.45, 7) is 1.45. The van der Waals surface area contributed by atoms with E-state index in [0.717, 1.165) is 5.56 Å². The third-order valence-corrected chi connectivity index (χ3v) is 5.99. The van der Waals surface area contributed by atoms with Gasteiger partial charge in [0.25, 0.3) is 16.8 Å². The number of ether oxygens (including phenoxy) is 1. The van der Waals surface area contributed by atoms with Crippen molar-refractivity contribution < 1.29 is 19.4 Å². The number of fused-ring (bicyclic) bond motifs is 1. The van der Waals surface area contributed by atoms with Crippen molar-refractivity contribution >= 4 is 45.7 Å². The van der Waals surface area contributed by atoms with Crippen molar-refractivity contribution in [2.24, 2.45) is 0 Å². The van der Waals surface area contributed by atoms with Gasteiger partial charge in [-0.05, 0) is 35.9 Å². The van der Waals surface area contributed by atoms with Crippen LogP contribution in [-0.2, 0) is 20.9 Å². The van der Waals surface area contributed by atoms with Crippen LogP contribution in [0.2, 0.25) is 0 Å². The molecule has 0 fully saturated rings. The number of amides is 1. The summed E-state index contributed by atoms with van der Waals surface area (Å²) in [5, 5.41) is 25.8. The van der Waals surface area contributed by atoms with Gasteiger partial charge in [0.1, 0.15) is 17.1 Å². The second-order valence-corrected chi connectivity index (χ2v) is 8.78. The topological polar surface area (TPSA) is 163 Å². The van der Waals surface area contributed by atoms with E-state index in [4.69, 9.17) is 4.74 Å². The third-order valence-electron chi connectivity index (χ3n) is 5.99. The quantitative estimate of drug-likeness (QED) is 0.143. The first kappa shape index (κ1) is 25.2. The average molecular weight is 526 g/mol. The Morgan fingerprint density at radius 2 is 1.74 bits per heavy atom. The van der Waals surface area contributed by atoms with E-state index in [-0.39, 0.29) is 29.5 Å². The Balaban J connectivity index is 1.36. The Morgan fingerprint density at radius 3 is 2.49 bits per heavy atom. The van der Waals surface area contributed by atoms with Crippen LogP contribution in [-0.4, -0.2) is 27.2 Å². The molecule has 39 heavy (non-hydrogen) atoms.